The number of esters is 1. The van der Waals surface area contributed by atoms with E-state index in [1.807, 2.05) is 32.3 Å². The molecule has 17 nitrogen and oxygen atoms in total. The molecule has 4 amide bonds. The Hall–Kier alpha value is -5.14. The molecule has 0 saturated carbocycles. The maximum absolute atomic E-state index is 14.7. The molecule has 4 atom stereocenters. The number of fused-ring (bicyclic) bond motifs is 6. The van der Waals surface area contributed by atoms with Crippen molar-refractivity contribution in [3.63, 3.8) is 0 Å². The summed E-state index contributed by atoms with van der Waals surface area (Å²) in [5.74, 6) is -0.628. The summed E-state index contributed by atoms with van der Waals surface area (Å²) in [5.41, 5.74) is 10.5. The van der Waals surface area contributed by atoms with Gasteiger partial charge in [-0.2, -0.15) is 0 Å². The summed E-state index contributed by atoms with van der Waals surface area (Å²) in [7, 11) is 5.54. The Morgan fingerprint density at radius 1 is 1.06 bits per heavy atom. The third kappa shape index (κ3) is 10.0. The Labute approximate surface area is 416 Å². The number of amides is 4. The molecule has 1 unspecified atom stereocenters. The summed E-state index contributed by atoms with van der Waals surface area (Å²) < 4.78 is 19.9. The molecule has 5 aliphatic heterocycles. The summed E-state index contributed by atoms with van der Waals surface area (Å²) in [6.07, 6.45) is 3.44. The van der Waals surface area contributed by atoms with Crippen LogP contribution in [-0.4, -0.2) is 163 Å². The summed E-state index contributed by atoms with van der Waals surface area (Å²) >= 11 is 1.44. The predicted octanol–water partition coefficient (Wildman–Crippen LogP) is 5.61. The highest BCUT2D eigenvalue weighted by Crippen LogP contribution is 2.43. The van der Waals surface area contributed by atoms with Gasteiger partial charge in [-0.15, -0.1) is 11.3 Å². The molecular weight excluding hydrogens is 909 g/mol. The van der Waals surface area contributed by atoms with E-state index in [-0.39, 0.29) is 37.0 Å². The average molecular weight is 981 g/mol. The number of hydrazine groups is 1. The Kier molecular flexibility index (Phi) is 14.6. The normalized spacial score (nSPS) is 22.6. The lowest BCUT2D eigenvalue weighted by Crippen LogP contribution is -2.64. The number of cyclic esters (lactones) is 1. The average Bonchev–Trinajstić information content (AvgIpc) is 3.91. The highest BCUT2D eigenvalue weighted by Gasteiger charge is 2.43. The number of methoxy groups -OCH3 is 1. The SMILES string of the molecule is CCn1c(-c2cc(N3CCN(C)CC3)cnc2[C@H](C)OC)c2c3cc(ccc31)-c1csc(n1)C[C@H](NC(=O)C(C(C)C)N(C)C(=O)N1CC(C3COC3)C1)C(=O)N1CCC[C@H](N1)C(=O)OCC(C)(C)C2. The van der Waals surface area contributed by atoms with Crippen molar-refractivity contribution in [2.45, 2.75) is 98.0 Å². The van der Waals surface area contributed by atoms with Crippen molar-refractivity contribution in [1.82, 2.24) is 45.0 Å². The topological polar surface area (TPSA) is 167 Å². The zero-order chi connectivity index (χ0) is 49.6. The lowest BCUT2D eigenvalue weighted by Gasteiger charge is -2.48. The van der Waals surface area contributed by atoms with Gasteiger partial charge in [0.25, 0.3) is 5.91 Å². The van der Waals surface area contributed by atoms with Gasteiger partial charge in [0.1, 0.15) is 18.1 Å². The lowest BCUT2D eigenvalue weighted by atomic mass is 9.84. The number of pyridine rings is 1. The van der Waals surface area contributed by atoms with Crippen molar-refractivity contribution in [3.05, 3.63) is 52.1 Å². The molecule has 4 aromatic rings. The standard InChI is InChI=1S/C52H72N10O7S/c1-10-61-43-14-13-33-20-37(43)39(47(61)38-21-36(24-53-45(38)32(4)67-9)59-18-16-57(7)17-19-59)23-52(5,6)30-69-50(65)40-12-11-15-62(56-40)49(64)41(22-44-54-42(33)29-70-44)55-48(63)46(31(2)3)58(8)51(66)60-25-34(26-60)35-27-68-28-35/h13-14,20-21,24,29,31-32,34-35,40-41,46,56H,10-12,15-19,22-23,25-28,30H2,1-9H3,(H,55,63)/t32-,40-,41-,46?/m0/s1. The smallest absolute Gasteiger partial charge is 0.324 e. The van der Waals surface area contributed by atoms with Crippen LogP contribution in [0.3, 0.4) is 0 Å². The van der Waals surface area contributed by atoms with E-state index in [1.165, 1.54) is 21.2 Å². The summed E-state index contributed by atoms with van der Waals surface area (Å²) in [6.45, 7) is 19.9. The first kappa shape index (κ1) is 49.8. The van der Waals surface area contributed by atoms with Gasteiger partial charge in [0.15, 0.2) is 0 Å². The number of thiazole rings is 1. The number of benzene rings is 1. The second kappa shape index (κ2) is 20.5. The van der Waals surface area contributed by atoms with E-state index in [0.29, 0.717) is 62.3 Å². The van der Waals surface area contributed by atoms with Crippen molar-refractivity contribution >= 4 is 51.7 Å². The number of ether oxygens (including phenoxy) is 3. The Balaban J connectivity index is 1.09. The third-order valence-corrected chi connectivity index (χ3v) is 16.1. The van der Waals surface area contributed by atoms with Crippen LogP contribution in [0.25, 0.3) is 33.4 Å². The van der Waals surface area contributed by atoms with E-state index in [2.05, 4.69) is 77.2 Å². The van der Waals surface area contributed by atoms with E-state index in [0.717, 1.165) is 89.8 Å². The molecule has 4 saturated heterocycles. The Morgan fingerprint density at radius 3 is 2.50 bits per heavy atom. The molecule has 378 valence electrons. The largest absolute Gasteiger partial charge is 0.464 e. The van der Waals surface area contributed by atoms with E-state index in [9.17, 15) is 19.2 Å². The highest BCUT2D eigenvalue weighted by molar-refractivity contribution is 7.10. The zero-order valence-corrected chi connectivity index (χ0v) is 43.3. The van der Waals surface area contributed by atoms with Crippen LogP contribution in [-0.2, 0) is 48.0 Å². The van der Waals surface area contributed by atoms with Crippen LogP contribution >= 0.6 is 11.3 Å². The minimum atomic E-state index is -1.04. The summed E-state index contributed by atoms with van der Waals surface area (Å²) in [4.78, 5) is 75.4. The summed E-state index contributed by atoms with van der Waals surface area (Å²) in [5, 5.41) is 8.27. The molecule has 1 aromatic carbocycles. The van der Waals surface area contributed by atoms with Gasteiger partial charge in [0.2, 0.25) is 5.91 Å². The molecule has 6 bridgehead atoms. The fraction of sp³-hybridized carbons (Fsp3) is 0.615. The quantitative estimate of drug-likeness (QED) is 0.189. The number of aryl methyl sites for hydroxylation is 1. The van der Waals surface area contributed by atoms with Gasteiger partial charge < -0.3 is 43.7 Å². The van der Waals surface area contributed by atoms with Gasteiger partial charge in [0, 0.05) is 118 Å². The number of nitrogens with zero attached hydrogens (tertiary/aromatic N) is 8. The van der Waals surface area contributed by atoms with Gasteiger partial charge in [0.05, 0.1) is 59.9 Å². The second-order valence-corrected chi connectivity index (χ2v) is 22.2. The Morgan fingerprint density at radius 2 is 1.81 bits per heavy atom. The van der Waals surface area contributed by atoms with Gasteiger partial charge in [-0.05, 0) is 69.8 Å². The number of carbonyl (C=O) groups is 4. The molecule has 2 N–H and O–H groups in total. The fourth-order valence-electron chi connectivity index (χ4n) is 10.9. The summed E-state index contributed by atoms with van der Waals surface area (Å²) in [6, 6.07) is 5.91. The number of nitrogens with one attached hydrogen (secondary N) is 2. The minimum Gasteiger partial charge on any atom is -0.464 e. The number of anilines is 1. The molecular formula is C52H72N10O7S. The molecule has 8 heterocycles. The molecule has 0 radical (unpaired) electrons. The monoisotopic (exact) mass is 981 g/mol. The first-order valence-corrected chi connectivity index (χ1v) is 26.1. The first-order chi connectivity index (χ1) is 33.5. The van der Waals surface area contributed by atoms with Crippen LogP contribution < -0.4 is 15.6 Å². The second-order valence-electron chi connectivity index (χ2n) is 21.3. The van der Waals surface area contributed by atoms with Crippen LogP contribution in [0.5, 0.6) is 0 Å². The van der Waals surface area contributed by atoms with Crippen molar-refractivity contribution < 1.29 is 33.4 Å². The minimum absolute atomic E-state index is 0.109. The van der Waals surface area contributed by atoms with Crippen LogP contribution in [0.2, 0.25) is 0 Å². The number of likely N-dealkylation sites (N-methyl/N-ethyl adjacent to an activating group) is 2. The molecule has 0 aliphatic carbocycles. The van der Waals surface area contributed by atoms with E-state index in [4.69, 9.17) is 24.2 Å². The van der Waals surface area contributed by atoms with Crippen molar-refractivity contribution in [2.75, 3.05) is 91.7 Å². The molecule has 5 aliphatic rings. The molecule has 3 aromatic heterocycles. The van der Waals surface area contributed by atoms with E-state index < -0.39 is 35.4 Å². The molecule has 4 fully saturated rings. The number of rotatable bonds is 10. The molecule has 0 spiro atoms. The predicted molar refractivity (Wildman–Crippen MR) is 270 cm³/mol. The molecule has 18 heteroatoms. The van der Waals surface area contributed by atoms with Gasteiger partial charge in [-0.1, -0.05) is 33.8 Å². The van der Waals surface area contributed by atoms with E-state index >= 15 is 0 Å². The number of aromatic nitrogens is 3. The van der Waals surface area contributed by atoms with Crippen molar-refractivity contribution in [3.8, 4) is 22.5 Å². The van der Waals surface area contributed by atoms with Gasteiger partial charge >= 0.3 is 12.0 Å². The lowest BCUT2D eigenvalue weighted by molar-refractivity contribution is -0.155. The number of hydrogen-bond donors (Lipinski definition) is 2. The molecule has 70 heavy (non-hydrogen) atoms. The van der Waals surface area contributed by atoms with Crippen LogP contribution in [0.1, 0.15) is 76.8 Å². The Bertz CT molecular complexity index is 2580. The number of likely N-dealkylation sites (tertiary alicyclic amines) is 1. The van der Waals surface area contributed by atoms with E-state index in [1.54, 1.807) is 19.1 Å². The van der Waals surface area contributed by atoms with Crippen molar-refractivity contribution in [1.29, 1.82) is 0 Å². The third-order valence-electron chi connectivity index (χ3n) is 15.2. The first-order valence-electron chi connectivity index (χ1n) is 25.2. The van der Waals surface area contributed by atoms with Gasteiger partial charge in [-0.25, -0.2) is 15.2 Å². The van der Waals surface area contributed by atoms with Crippen LogP contribution in [0.4, 0.5) is 10.5 Å². The van der Waals surface area contributed by atoms with Crippen molar-refractivity contribution in [2.24, 2.45) is 23.2 Å². The maximum atomic E-state index is 14.7. The van der Waals surface area contributed by atoms with Crippen LogP contribution in [0, 0.1) is 23.2 Å². The number of hydrogen-bond acceptors (Lipinski definition) is 13. The fourth-order valence-corrected chi connectivity index (χ4v) is 11.7. The molecule has 9 rings (SSSR count). The van der Waals surface area contributed by atoms with Gasteiger partial charge in [-0.3, -0.25) is 24.4 Å². The number of piperazine rings is 1. The number of carbonyl (C=O) groups excluding carboxylic acids is 4. The van der Waals surface area contributed by atoms with Crippen LogP contribution in [0.15, 0.2) is 35.8 Å². The maximum Gasteiger partial charge on any atom is 0.324 e. The zero-order valence-electron chi connectivity index (χ0n) is 42.5. The number of urea groups is 1. The highest BCUT2D eigenvalue weighted by atomic mass is 32.1.